The first-order chi connectivity index (χ1) is 15.1. The Kier molecular flexibility index (Phi) is 5.03. The van der Waals surface area contributed by atoms with Gasteiger partial charge in [0.1, 0.15) is 12.4 Å². The predicted octanol–water partition coefficient (Wildman–Crippen LogP) is 3.10. The first-order valence-electron chi connectivity index (χ1n) is 10.3. The Balaban J connectivity index is 1.61. The van der Waals surface area contributed by atoms with E-state index in [0.29, 0.717) is 42.1 Å². The normalized spacial score (nSPS) is 15.8. The molecule has 0 bridgehead atoms. The van der Waals surface area contributed by atoms with Gasteiger partial charge in [0.25, 0.3) is 5.91 Å². The van der Waals surface area contributed by atoms with Gasteiger partial charge in [-0.3, -0.25) is 9.78 Å². The maximum absolute atomic E-state index is 14.6. The van der Waals surface area contributed by atoms with E-state index in [4.69, 9.17) is 4.74 Å². The number of benzene rings is 2. The molecule has 1 saturated heterocycles. The molecule has 3 aromatic rings. The number of ether oxygens (including phenoxy) is 1. The third kappa shape index (κ3) is 3.72. The van der Waals surface area contributed by atoms with Gasteiger partial charge >= 0.3 is 0 Å². The Bertz CT molecular complexity index is 1120. The molecule has 0 aliphatic carbocycles. The molecule has 0 spiro atoms. The third-order valence-corrected chi connectivity index (χ3v) is 5.68. The van der Waals surface area contributed by atoms with Crippen molar-refractivity contribution in [2.45, 2.75) is 12.6 Å². The SMILES string of the molecule is O=C(c1cc(-c2ccccc2F)cc2c1OCCN2Cc1cccnc1)N1CC(O)C1. The summed E-state index contributed by atoms with van der Waals surface area (Å²) < 4.78 is 20.5. The molecule has 1 fully saturated rings. The molecule has 1 amide bonds. The number of amides is 1. The molecule has 0 atom stereocenters. The Morgan fingerprint density at radius 3 is 2.77 bits per heavy atom. The summed E-state index contributed by atoms with van der Waals surface area (Å²) in [5.41, 5.74) is 3.21. The number of nitrogens with zero attached hydrogens (tertiary/aromatic N) is 3. The first kappa shape index (κ1) is 19.5. The molecule has 0 saturated carbocycles. The van der Waals surface area contributed by atoms with Crippen LogP contribution < -0.4 is 9.64 Å². The number of aliphatic hydroxyl groups excluding tert-OH is 1. The summed E-state index contributed by atoms with van der Waals surface area (Å²) in [6.45, 7) is 2.25. The molecule has 1 aromatic heterocycles. The van der Waals surface area contributed by atoms with Crippen LogP contribution in [-0.2, 0) is 6.54 Å². The number of aromatic nitrogens is 1. The van der Waals surface area contributed by atoms with E-state index in [-0.39, 0.29) is 24.8 Å². The van der Waals surface area contributed by atoms with Crippen molar-refractivity contribution in [2.75, 3.05) is 31.1 Å². The molecule has 2 aliphatic heterocycles. The lowest BCUT2D eigenvalue weighted by Gasteiger charge is -2.38. The van der Waals surface area contributed by atoms with E-state index in [2.05, 4.69) is 9.88 Å². The summed E-state index contributed by atoms with van der Waals surface area (Å²) in [5.74, 6) is -0.0691. The van der Waals surface area contributed by atoms with Crippen LogP contribution in [0.2, 0.25) is 0 Å². The van der Waals surface area contributed by atoms with Gasteiger partial charge in [-0.25, -0.2) is 4.39 Å². The first-order valence-corrected chi connectivity index (χ1v) is 10.3. The second-order valence-corrected chi connectivity index (χ2v) is 7.85. The number of hydrogen-bond acceptors (Lipinski definition) is 5. The van der Waals surface area contributed by atoms with Crippen molar-refractivity contribution in [2.24, 2.45) is 0 Å². The zero-order valence-electron chi connectivity index (χ0n) is 16.9. The number of carbonyl (C=O) groups excluding carboxylic acids is 1. The topological polar surface area (TPSA) is 65.9 Å². The molecule has 158 valence electrons. The van der Waals surface area contributed by atoms with Crippen molar-refractivity contribution >= 4 is 11.6 Å². The van der Waals surface area contributed by atoms with E-state index in [0.717, 1.165) is 11.3 Å². The smallest absolute Gasteiger partial charge is 0.257 e. The quantitative estimate of drug-likeness (QED) is 0.704. The highest BCUT2D eigenvalue weighted by Gasteiger charge is 2.34. The molecular weight excluding hydrogens is 397 g/mol. The average Bonchev–Trinajstić information content (AvgIpc) is 2.77. The molecule has 1 N–H and O–H groups in total. The summed E-state index contributed by atoms with van der Waals surface area (Å²) in [5, 5.41) is 9.64. The van der Waals surface area contributed by atoms with Crippen molar-refractivity contribution in [3.63, 3.8) is 0 Å². The highest BCUT2D eigenvalue weighted by atomic mass is 19.1. The molecule has 31 heavy (non-hydrogen) atoms. The van der Waals surface area contributed by atoms with Gasteiger partial charge in [-0.2, -0.15) is 0 Å². The number of fused-ring (bicyclic) bond motifs is 1. The van der Waals surface area contributed by atoms with E-state index in [1.165, 1.54) is 6.07 Å². The zero-order chi connectivity index (χ0) is 21.4. The summed E-state index contributed by atoms with van der Waals surface area (Å²) in [6.07, 6.45) is 3.03. The largest absolute Gasteiger partial charge is 0.489 e. The van der Waals surface area contributed by atoms with Crippen molar-refractivity contribution in [1.29, 1.82) is 0 Å². The van der Waals surface area contributed by atoms with Crippen LogP contribution in [0.3, 0.4) is 0 Å². The molecule has 0 unspecified atom stereocenters. The van der Waals surface area contributed by atoms with E-state index in [1.807, 2.05) is 24.4 Å². The van der Waals surface area contributed by atoms with E-state index in [9.17, 15) is 14.3 Å². The second-order valence-electron chi connectivity index (χ2n) is 7.85. The van der Waals surface area contributed by atoms with Gasteiger partial charge < -0.3 is 19.6 Å². The van der Waals surface area contributed by atoms with Crippen LogP contribution in [0.25, 0.3) is 11.1 Å². The number of aliphatic hydroxyl groups is 1. The van der Waals surface area contributed by atoms with Crippen LogP contribution >= 0.6 is 0 Å². The number of β-amino-alcohol motifs (C(OH)–C–C–N with tert-alkyl or cyclic N) is 1. The lowest BCUT2D eigenvalue weighted by Crippen LogP contribution is -2.53. The standard InChI is InChI=1S/C24H22FN3O3/c25-21-6-2-1-5-19(21)17-10-20(24(30)28-14-18(29)15-28)23-22(11-17)27(8-9-31-23)13-16-4-3-7-26-12-16/h1-7,10-12,18,29H,8-9,13-15H2. The molecule has 0 radical (unpaired) electrons. The predicted molar refractivity (Wildman–Crippen MR) is 115 cm³/mol. The number of halogens is 1. The fourth-order valence-corrected chi connectivity index (χ4v) is 4.06. The lowest BCUT2D eigenvalue weighted by atomic mass is 9.97. The molecule has 3 heterocycles. The number of anilines is 1. The van der Waals surface area contributed by atoms with Crippen LogP contribution in [0.4, 0.5) is 10.1 Å². The number of rotatable bonds is 4. The fraction of sp³-hybridized carbons (Fsp3) is 0.250. The van der Waals surface area contributed by atoms with Crippen molar-refractivity contribution in [3.8, 4) is 16.9 Å². The monoisotopic (exact) mass is 419 g/mol. The Morgan fingerprint density at radius 2 is 2.03 bits per heavy atom. The van der Waals surface area contributed by atoms with E-state index >= 15 is 0 Å². The highest BCUT2D eigenvalue weighted by molar-refractivity contribution is 6.01. The van der Waals surface area contributed by atoms with Gasteiger partial charge in [-0.05, 0) is 35.4 Å². The van der Waals surface area contributed by atoms with Crippen molar-refractivity contribution < 1.29 is 19.0 Å². The van der Waals surface area contributed by atoms with Crippen LogP contribution in [-0.4, -0.2) is 53.2 Å². The minimum atomic E-state index is -0.502. The Morgan fingerprint density at radius 1 is 1.19 bits per heavy atom. The van der Waals surface area contributed by atoms with Crippen LogP contribution in [0.1, 0.15) is 15.9 Å². The maximum Gasteiger partial charge on any atom is 0.257 e. The van der Waals surface area contributed by atoms with Gasteiger partial charge in [0.15, 0.2) is 5.75 Å². The van der Waals surface area contributed by atoms with E-state index < -0.39 is 6.10 Å². The Labute approximate surface area is 179 Å². The van der Waals surface area contributed by atoms with Gasteiger partial charge in [0.2, 0.25) is 0 Å². The molecular formula is C24H22FN3O3. The molecule has 5 rings (SSSR count). The summed E-state index contributed by atoms with van der Waals surface area (Å²) in [7, 11) is 0. The van der Waals surface area contributed by atoms with Crippen LogP contribution in [0.15, 0.2) is 60.9 Å². The summed E-state index contributed by atoms with van der Waals surface area (Å²) in [4.78, 5) is 21.1. The minimum Gasteiger partial charge on any atom is -0.489 e. The molecule has 7 heteroatoms. The fourth-order valence-electron chi connectivity index (χ4n) is 4.06. The van der Waals surface area contributed by atoms with E-state index in [1.54, 1.807) is 35.4 Å². The number of likely N-dealkylation sites (tertiary alicyclic amines) is 1. The second kappa shape index (κ2) is 8.00. The van der Waals surface area contributed by atoms with Gasteiger partial charge in [-0.1, -0.05) is 24.3 Å². The van der Waals surface area contributed by atoms with Crippen molar-refractivity contribution in [3.05, 3.63) is 77.9 Å². The average molecular weight is 419 g/mol. The zero-order valence-corrected chi connectivity index (χ0v) is 16.9. The molecule has 2 aromatic carbocycles. The summed E-state index contributed by atoms with van der Waals surface area (Å²) >= 11 is 0. The van der Waals surface area contributed by atoms with Gasteiger partial charge in [0.05, 0.1) is 23.9 Å². The number of hydrogen-bond donors (Lipinski definition) is 1. The molecule has 2 aliphatic rings. The lowest BCUT2D eigenvalue weighted by molar-refractivity contribution is 0.00564. The van der Waals surface area contributed by atoms with Crippen molar-refractivity contribution in [1.82, 2.24) is 9.88 Å². The number of carbonyl (C=O) groups is 1. The van der Waals surface area contributed by atoms with Gasteiger partial charge in [0, 0.05) is 37.6 Å². The minimum absolute atomic E-state index is 0.219. The Hall–Kier alpha value is -3.45. The number of pyridine rings is 1. The van der Waals surface area contributed by atoms with Gasteiger partial charge in [-0.15, -0.1) is 0 Å². The third-order valence-electron chi connectivity index (χ3n) is 5.68. The van der Waals surface area contributed by atoms with Crippen LogP contribution in [0.5, 0.6) is 5.75 Å². The highest BCUT2D eigenvalue weighted by Crippen LogP contribution is 2.41. The maximum atomic E-state index is 14.6. The molecule has 6 nitrogen and oxygen atoms in total. The summed E-state index contributed by atoms with van der Waals surface area (Å²) in [6, 6.07) is 14.0. The van der Waals surface area contributed by atoms with Crippen LogP contribution in [0, 0.1) is 5.82 Å².